The zero-order valence-corrected chi connectivity index (χ0v) is 12.1. The molecule has 0 aliphatic carbocycles. The molecule has 0 aromatic heterocycles. The molecule has 0 amide bonds. The van der Waals surface area contributed by atoms with Crippen LogP contribution in [0.15, 0.2) is 24.3 Å². The van der Waals surface area contributed by atoms with Crippen molar-refractivity contribution in [2.24, 2.45) is 5.92 Å². The molecule has 102 valence electrons. The van der Waals surface area contributed by atoms with Crippen molar-refractivity contribution in [1.82, 2.24) is 0 Å². The maximum absolute atomic E-state index is 9.23. The van der Waals surface area contributed by atoms with Crippen LogP contribution in [0.3, 0.4) is 0 Å². The van der Waals surface area contributed by atoms with Crippen LogP contribution >= 0.6 is 0 Å². The topological polar surface area (TPSA) is 33.0 Å². The molecule has 2 nitrogen and oxygen atoms in total. The summed E-state index contributed by atoms with van der Waals surface area (Å²) in [5, 5.41) is 9.23. The summed E-state index contributed by atoms with van der Waals surface area (Å²) in [6.45, 7) is 7.25. The highest BCUT2D eigenvalue weighted by molar-refractivity contribution is 5.30. The van der Waals surface area contributed by atoms with Gasteiger partial charge in [0.1, 0.15) is 0 Å². The average Bonchev–Trinajstić information content (AvgIpc) is 2.40. The van der Waals surface area contributed by atoms with Crippen molar-refractivity contribution in [1.29, 1.82) is 5.26 Å². The maximum Gasteiger partial charge on any atom is 0.0631 e. The minimum absolute atomic E-state index is 0.0182. The van der Waals surface area contributed by atoms with E-state index in [0.717, 1.165) is 19.4 Å². The van der Waals surface area contributed by atoms with Crippen LogP contribution in [0.2, 0.25) is 0 Å². The van der Waals surface area contributed by atoms with Crippen molar-refractivity contribution in [2.75, 3.05) is 6.61 Å². The molecule has 1 saturated heterocycles. The number of benzene rings is 1. The summed E-state index contributed by atoms with van der Waals surface area (Å²) in [5.74, 6) is 0.504. The third kappa shape index (κ3) is 2.98. The SMILES string of the molecule is Cc1ccc([C@]2(CC#N)CCO[C@H](C(C)C)C2)cc1. The fourth-order valence-corrected chi connectivity index (χ4v) is 2.96. The van der Waals surface area contributed by atoms with Gasteiger partial charge < -0.3 is 4.74 Å². The first kappa shape index (κ1) is 14.1. The van der Waals surface area contributed by atoms with Crippen LogP contribution in [0.4, 0.5) is 0 Å². The Bertz CT molecular complexity index is 457. The molecule has 19 heavy (non-hydrogen) atoms. The quantitative estimate of drug-likeness (QED) is 0.820. The molecule has 1 fully saturated rings. The van der Waals surface area contributed by atoms with Crippen LogP contribution in [0.25, 0.3) is 0 Å². The predicted molar refractivity (Wildman–Crippen MR) is 76.9 cm³/mol. The second-order valence-electron chi connectivity index (χ2n) is 6.09. The Morgan fingerprint density at radius 1 is 1.37 bits per heavy atom. The molecule has 1 heterocycles. The van der Waals surface area contributed by atoms with Crippen molar-refractivity contribution in [3.8, 4) is 6.07 Å². The number of ether oxygens (including phenoxy) is 1. The molecule has 2 rings (SSSR count). The Morgan fingerprint density at radius 3 is 2.63 bits per heavy atom. The number of rotatable bonds is 3. The van der Waals surface area contributed by atoms with E-state index < -0.39 is 0 Å². The molecule has 1 aromatic rings. The van der Waals surface area contributed by atoms with E-state index in [1.807, 2.05) is 0 Å². The molecule has 0 radical (unpaired) electrons. The lowest BCUT2D eigenvalue weighted by molar-refractivity contribution is -0.0441. The van der Waals surface area contributed by atoms with E-state index in [-0.39, 0.29) is 11.5 Å². The van der Waals surface area contributed by atoms with Crippen LogP contribution in [0.1, 0.15) is 44.2 Å². The fourth-order valence-electron chi connectivity index (χ4n) is 2.96. The minimum atomic E-state index is -0.0182. The summed E-state index contributed by atoms with van der Waals surface area (Å²) in [5.41, 5.74) is 2.55. The van der Waals surface area contributed by atoms with Crippen molar-refractivity contribution >= 4 is 0 Å². The molecule has 2 atom stereocenters. The van der Waals surface area contributed by atoms with E-state index >= 15 is 0 Å². The van der Waals surface area contributed by atoms with E-state index in [0.29, 0.717) is 12.3 Å². The maximum atomic E-state index is 9.23. The van der Waals surface area contributed by atoms with E-state index in [9.17, 15) is 5.26 Å². The van der Waals surface area contributed by atoms with Gasteiger partial charge in [0, 0.05) is 18.4 Å². The second kappa shape index (κ2) is 5.75. The Balaban J connectivity index is 2.32. The van der Waals surface area contributed by atoms with Crippen LogP contribution in [-0.4, -0.2) is 12.7 Å². The Hall–Kier alpha value is -1.33. The molecule has 0 unspecified atom stereocenters. The molecular formula is C17H23NO. The van der Waals surface area contributed by atoms with Gasteiger partial charge >= 0.3 is 0 Å². The number of aryl methyl sites for hydroxylation is 1. The second-order valence-corrected chi connectivity index (χ2v) is 6.09. The van der Waals surface area contributed by atoms with Crippen molar-refractivity contribution < 1.29 is 4.74 Å². The summed E-state index contributed by atoms with van der Waals surface area (Å²) in [6.07, 6.45) is 2.76. The average molecular weight is 257 g/mol. The van der Waals surface area contributed by atoms with Crippen LogP contribution in [0.5, 0.6) is 0 Å². The number of hydrogen-bond acceptors (Lipinski definition) is 2. The van der Waals surface area contributed by atoms with Crippen LogP contribution < -0.4 is 0 Å². The normalized spacial score (nSPS) is 27.2. The highest BCUT2D eigenvalue weighted by Gasteiger charge is 2.39. The Labute approximate surface area is 116 Å². The van der Waals surface area contributed by atoms with Gasteiger partial charge in [0.15, 0.2) is 0 Å². The van der Waals surface area contributed by atoms with Gasteiger partial charge in [-0.1, -0.05) is 43.7 Å². The minimum Gasteiger partial charge on any atom is -0.378 e. The standard InChI is InChI=1S/C17H23NO/c1-13(2)16-12-17(8-10-18,9-11-19-16)15-6-4-14(3)5-7-15/h4-7,13,16H,8-9,11-12H2,1-3H3/t16-,17+/m0/s1. The summed E-state index contributed by atoms with van der Waals surface area (Å²) in [7, 11) is 0. The largest absolute Gasteiger partial charge is 0.378 e. The lowest BCUT2D eigenvalue weighted by Gasteiger charge is -2.41. The van der Waals surface area contributed by atoms with Crippen LogP contribution in [0, 0.1) is 24.2 Å². The predicted octanol–water partition coefficient (Wildman–Crippen LogP) is 3.98. The third-order valence-corrected chi connectivity index (χ3v) is 4.33. The molecule has 1 aromatic carbocycles. The molecule has 2 heteroatoms. The first-order valence-corrected chi connectivity index (χ1v) is 7.13. The summed E-state index contributed by atoms with van der Waals surface area (Å²) >= 11 is 0. The first-order valence-electron chi connectivity index (χ1n) is 7.13. The molecule has 0 bridgehead atoms. The Kier molecular flexibility index (Phi) is 4.27. The highest BCUT2D eigenvalue weighted by Crippen LogP contribution is 2.41. The van der Waals surface area contributed by atoms with Gasteiger partial charge in [-0.2, -0.15) is 5.26 Å². The van der Waals surface area contributed by atoms with Gasteiger partial charge in [-0.25, -0.2) is 0 Å². The molecule has 1 aliphatic rings. The van der Waals surface area contributed by atoms with E-state index in [1.54, 1.807) is 0 Å². The van der Waals surface area contributed by atoms with Gasteiger partial charge in [-0.3, -0.25) is 0 Å². The molecule has 1 aliphatic heterocycles. The van der Waals surface area contributed by atoms with Gasteiger partial charge in [0.25, 0.3) is 0 Å². The number of hydrogen-bond donors (Lipinski definition) is 0. The number of nitriles is 1. The highest BCUT2D eigenvalue weighted by atomic mass is 16.5. The van der Waals surface area contributed by atoms with E-state index in [2.05, 4.69) is 51.1 Å². The van der Waals surface area contributed by atoms with E-state index in [1.165, 1.54) is 11.1 Å². The van der Waals surface area contributed by atoms with Crippen molar-refractivity contribution in [3.05, 3.63) is 35.4 Å². The molecular weight excluding hydrogens is 234 g/mol. The Morgan fingerprint density at radius 2 is 2.05 bits per heavy atom. The molecule has 0 spiro atoms. The van der Waals surface area contributed by atoms with Gasteiger partial charge in [0.05, 0.1) is 12.2 Å². The number of nitrogens with zero attached hydrogens (tertiary/aromatic N) is 1. The molecule has 0 saturated carbocycles. The monoisotopic (exact) mass is 257 g/mol. The van der Waals surface area contributed by atoms with Crippen LogP contribution in [-0.2, 0) is 10.2 Å². The molecule has 0 N–H and O–H groups in total. The van der Waals surface area contributed by atoms with E-state index in [4.69, 9.17) is 4.74 Å². The van der Waals surface area contributed by atoms with Gasteiger partial charge in [-0.15, -0.1) is 0 Å². The van der Waals surface area contributed by atoms with Crippen molar-refractivity contribution in [2.45, 2.75) is 51.6 Å². The van der Waals surface area contributed by atoms with Gasteiger partial charge in [-0.05, 0) is 31.2 Å². The summed E-state index contributed by atoms with van der Waals surface area (Å²) in [6, 6.07) is 11.1. The lowest BCUT2D eigenvalue weighted by atomic mass is 9.69. The zero-order chi connectivity index (χ0) is 13.9. The lowest BCUT2D eigenvalue weighted by Crippen LogP contribution is -2.40. The fraction of sp³-hybridized carbons (Fsp3) is 0.588. The van der Waals surface area contributed by atoms with Crippen molar-refractivity contribution in [3.63, 3.8) is 0 Å². The zero-order valence-electron chi connectivity index (χ0n) is 12.1. The smallest absolute Gasteiger partial charge is 0.0631 e. The van der Waals surface area contributed by atoms with Gasteiger partial charge in [0.2, 0.25) is 0 Å². The summed E-state index contributed by atoms with van der Waals surface area (Å²) < 4.78 is 5.88. The third-order valence-electron chi connectivity index (χ3n) is 4.33. The summed E-state index contributed by atoms with van der Waals surface area (Å²) in [4.78, 5) is 0. The first-order chi connectivity index (χ1) is 9.07.